The van der Waals surface area contributed by atoms with E-state index >= 15 is 0 Å². The first-order chi connectivity index (χ1) is 58.2. The van der Waals surface area contributed by atoms with E-state index in [0.29, 0.717) is 35.4 Å². The van der Waals surface area contributed by atoms with Crippen LogP contribution in [-0.2, 0) is 28.6 Å². The minimum atomic E-state index is -2.50. The molecule has 0 fully saturated rings. The molecule has 0 saturated heterocycles. The summed E-state index contributed by atoms with van der Waals surface area (Å²) in [7, 11) is 19.6. The number of rotatable bonds is 37. The predicted octanol–water partition coefficient (Wildman–Crippen LogP) is 38.8. The number of allylic oxidation sites excluding steroid dienone is 1. The van der Waals surface area contributed by atoms with Crippen LogP contribution >= 0.6 is 131 Å². The van der Waals surface area contributed by atoms with Gasteiger partial charge in [-0.25, -0.2) is 13.2 Å². The molecule has 0 aliphatic rings. The lowest BCUT2D eigenvalue weighted by Crippen LogP contribution is -2.17. The first-order valence-corrected chi connectivity index (χ1v) is 61.6. The number of carbonyl (C=O) groups is 3. The van der Waals surface area contributed by atoms with E-state index in [4.69, 9.17) is 10.5 Å². The van der Waals surface area contributed by atoms with Crippen molar-refractivity contribution in [2.24, 2.45) is 94.5 Å². The van der Waals surface area contributed by atoms with Crippen molar-refractivity contribution in [3.05, 3.63) is 65.8 Å². The van der Waals surface area contributed by atoms with Crippen LogP contribution < -0.4 is 5.73 Å². The molecule has 1 rings (SSSR count). The zero-order valence-electron chi connectivity index (χ0n) is 93.6. The van der Waals surface area contributed by atoms with Gasteiger partial charge in [-0.1, -0.05) is 476 Å². The fraction of sp³-hybridized carbons (Fsp3) is 0.874. The molecule has 0 bridgehead atoms. The lowest BCUT2D eigenvalue weighted by Gasteiger charge is -2.21. The zero-order valence-corrected chi connectivity index (χ0v) is 103. The topological polar surface area (TPSA) is 148 Å². The Kier molecular flexibility index (Phi) is 152. The molecule has 0 spiro atoms. The second-order valence-electron chi connectivity index (χ2n) is 38.4. The number of benzene rings is 1. The summed E-state index contributed by atoms with van der Waals surface area (Å²) < 4.78 is 50.4. The van der Waals surface area contributed by atoms with Crippen molar-refractivity contribution < 1.29 is 46.7 Å². The highest BCUT2D eigenvalue weighted by atomic mass is 33.1. The number of alkyl halides is 3. The second-order valence-corrected chi connectivity index (χ2v) is 56.1. The molecule has 25 heteroatoms. The Balaban J connectivity index is -0.0000000748. The molecule has 0 amide bonds. The van der Waals surface area contributed by atoms with E-state index in [0.717, 1.165) is 88.3 Å². The minimum absolute atomic E-state index is 0.00921. The standard InChI is InChI=1S/C10H14S.C9H20S2.C8H18S2.C7H12O2.C7H16S2.C7H16S.2C6H12O2.C6H14S2.C6H12.C5H10F2.C5H11F.C5H12S2.2C5H12.C3H7NO2.C3H9N/c1-9(2)8-11-10-6-4-3-5-7-10;1-7(2)8(3)10-11-9(4,5)6;1-7(2)6-9-10-8(3,4)5;1-4-5-9-7(8)6(2)3;1-6(2)5-8-9-7(3)4;1-5-8-7(4)6(2)3;2*1-4-8-6(7)5(2)3;1-4-7-8-5-6(2)3;1-4-5-6(2)3;1-4(2)5(3,6)7;1-4(2)5(3)6;1-5(2)4-7-6-3;2*1-4-5(2)3;1-3(2)4(5)6;1-3(2)4/h3-7,9H,8H2,1-2H3;7-8H,1-6H3;7H,6H2,1-5H3;4,6H,1,5H2,2-3H3;6-7H,5H2,1-4H3;6-7H,5H2,1-4H3;2*5H,4H2,1-3H3;6H,4-5H2,1-3H3;4,6H,1,5H2,2-3H3;4H,1-3H3;4-5H,1-3H3;5H,4H2,1-3H3;2*5H,4H2,1-3H3;3H,1-2H3;3H,4H2,1-2H3. The molecule has 0 aliphatic carbocycles. The van der Waals surface area contributed by atoms with E-state index in [1.54, 1.807) is 54.5 Å². The molecule has 2 N–H and O–H groups in total. The first-order valence-electron chi connectivity index (χ1n) is 47.4. The van der Waals surface area contributed by atoms with E-state index < -0.39 is 24.1 Å². The largest absolute Gasteiger partial charge is 0.466 e. The van der Waals surface area contributed by atoms with Gasteiger partial charge in [-0.3, -0.25) is 24.5 Å². The summed E-state index contributed by atoms with van der Waals surface area (Å²) in [6.45, 7) is 115. The number of hydrogen-bond donors (Lipinski definition) is 1. The Morgan fingerprint density at radius 3 is 0.945 bits per heavy atom. The Morgan fingerprint density at radius 1 is 0.445 bits per heavy atom. The van der Waals surface area contributed by atoms with Crippen molar-refractivity contribution in [1.29, 1.82) is 0 Å². The van der Waals surface area contributed by atoms with Crippen molar-refractivity contribution in [3.8, 4) is 0 Å². The maximum absolute atomic E-state index is 11.8. The summed E-state index contributed by atoms with van der Waals surface area (Å²) in [6.07, 6.45) is 8.72. The zero-order chi connectivity index (χ0) is 105. The molecule has 0 saturated carbocycles. The van der Waals surface area contributed by atoms with Crippen molar-refractivity contribution in [2.45, 2.75) is 434 Å². The van der Waals surface area contributed by atoms with Gasteiger partial charge in [-0.15, -0.1) is 18.3 Å². The quantitative estimate of drug-likeness (QED) is 0.00983. The van der Waals surface area contributed by atoms with Gasteiger partial charge in [0.25, 0.3) is 0 Å². The van der Waals surface area contributed by atoms with Crippen LogP contribution in [0.3, 0.4) is 0 Å². The van der Waals surface area contributed by atoms with Crippen LogP contribution in [0.1, 0.15) is 379 Å². The summed E-state index contributed by atoms with van der Waals surface area (Å²) in [6, 6.07) is 10.5. The maximum atomic E-state index is 11.8. The molecule has 0 aliphatic heterocycles. The fourth-order valence-corrected chi connectivity index (χ4v) is 17.4. The van der Waals surface area contributed by atoms with Gasteiger partial charge in [0.15, 0.2) is 0 Å². The normalized spacial score (nSPS) is 11.3. The molecule has 3 atom stereocenters. The monoisotopic (exact) mass is 2050 g/mol. The Morgan fingerprint density at radius 2 is 0.758 bits per heavy atom. The molecular formula is C103H219F3N2O8S12. The van der Waals surface area contributed by atoms with Gasteiger partial charge in [0, 0.05) is 89.3 Å². The Hall–Kier alpha value is 0.460. The van der Waals surface area contributed by atoms with E-state index in [-0.39, 0.29) is 46.5 Å². The maximum Gasteiger partial charge on any atom is 0.308 e. The summed E-state index contributed by atoms with van der Waals surface area (Å²) >= 11 is 3.97. The molecule has 1 aromatic carbocycles. The third-order valence-electron chi connectivity index (χ3n) is 13.5. The average Bonchev–Trinajstić information content (AvgIpc) is 0.713. The number of hydrogen-bond acceptors (Lipinski definition) is 21. The highest BCUT2D eigenvalue weighted by Crippen LogP contribution is 2.40. The number of nitrogens with zero attached hydrogens (tertiary/aromatic N) is 1. The average molecular weight is 2060 g/mol. The number of ether oxygens (including phenoxy) is 3. The van der Waals surface area contributed by atoms with Gasteiger partial charge < -0.3 is 19.9 Å². The molecular weight excluding hydrogens is 1830 g/mol. The number of nitrogens with two attached hydrogens (primary N) is 1. The molecule has 3 unspecified atom stereocenters. The summed E-state index contributed by atoms with van der Waals surface area (Å²) in [5.74, 6) is 13.8. The second kappa shape index (κ2) is 118. The lowest BCUT2D eigenvalue weighted by atomic mass is 10.1. The van der Waals surface area contributed by atoms with Crippen LogP contribution in [0.5, 0.6) is 0 Å². The lowest BCUT2D eigenvalue weighted by molar-refractivity contribution is -0.513. The first kappa shape index (κ1) is 165. The highest BCUT2D eigenvalue weighted by molar-refractivity contribution is 8.78. The molecule has 10 nitrogen and oxygen atoms in total. The number of thioether (sulfide) groups is 2. The van der Waals surface area contributed by atoms with Gasteiger partial charge in [0.05, 0.1) is 37.1 Å². The Labute approximate surface area is 848 Å². The number of esters is 3. The van der Waals surface area contributed by atoms with Crippen molar-refractivity contribution in [1.82, 2.24) is 0 Å². The van der Waals surface area contributed by atoms with Gasteiger partial charge >= 0.3 is 17.9 Å². The van der Waals surface area contributed by atoms with Crippen molar-refractivity contribution in [2.75, 3.05) is 66.3 Å². The van der Waals surface area contributed by atoms with Crippen LogP contribution in [0.4, 0.5) is 13.2 Å². The van der Waals surface area contributed by atoms with Crippen molar-refractivity contribution in [3.63, 3.8) is 0 Å². The van der Waals surface area contributed by atoms with Gasteiger partial charge in [0.2, 0.25) is 12.0 Å². The third-order valence-corrected chi connectivity index (χ3v) is 32.5. The number of nitro groups is 1. The predicted molar refractivity (Wildman–Crippen MR) is 616 cm³/mol. The van der Waals surface area contributed by atoms with E-state index in [1.165, 1.54) is 71.9 Å². The van der Waals surface area contributed by atoms with Gasteiger partial charge in [-0.2, -0.15) is 11.8 Å². The number of halogens is 3. The van der Waals surface area contributed by atoms with E-state index in [9.17, 15) is 37.7 Å². The van der Waals surface area contributed by atoms with Gasteiger partial charge in [0.1, 0.15) is 6.61 Å². The SMILES string of the molecule is C=CCC(C)C.C=CCOC(=O)C(C)C.CC(C)C(C)(F)F.CC(C)C(C)F.CC(C)C(C)SSC(C)(C)C.CC(C)CSSC(C)(C)C.CC(C)CSSC(C)C.CC(C)CSc1ccccc1.CC(C)N.CC(C)[N+](=O)[O-].CCC(C)C.CCC(C)C.CCOC(=O)C(C)C.CCOC(=O)C(C)C.CCSC(C)C(C)C.CCSSCC(C)C.CSSCC(C)C. The molecule has 1 aromatic rings. The summed E-state index contributed by atoms with van der Waals surface area (Å²) in [5, 5.41) is 11.9. The van der Waals surface area contributed by atoms with Crippen LogP contribution in [0.15, 0.2) is 60.5 Å². The van der Waals surface area contributed by atoms with Gasteiger partial charge in [-0.05, 0) is 129 Å². The fourth-order valence-electron chi connectivity index (χ4n) is 3.96. The summed E-state index contributed by atoms with van der Waals surface area (Å²) in [5.41, 5.74) is 5.11. The molecule has 0 radical (unpaired) electrons. The Bertz CT molecular complexity index is 2280. The molecule has 782 valence electrons. The molecule has 0 aromatic heterocycles. The molecule has 128 heavy (non-hydrogen) atoms. The summed E-state index contributed by atoms with van der Waals surface area (Å²) in [4.78, 5) is 42.2. The van der Waals surface area contributed by atoms with Crippen LogP contribution in [0.2, 0.25) is 0 Å². The van der Waals surface area contributed by atoms with Crippen molar-refractivity contribution >= 4 is 149 Å². The van der Waals surface area contributed by atoms with Crippen LogP contribution in [0.25, 0.3) is 0 Å². The van der Waals surface area contributed by atoms with Crippen LogP contribution in [-0.4, -0.2) is 139 Å². The minimum Gasteiger partial charge on any atom is -0.466 e. The smallest absolute Gasteiger partial charge is 0.308 e. The van der Waals surface area contributed by atoms with E-state index in [2.05, 4.69) is 295 Å². The van der Waals surface area contributed by atoms with E-state index in [1.807, 2.05) is 193 Å². The van der Waals surface area contributed by atoms with Crippen LogP contribution in [0, 0.1) is 98.9 Å². The third kappa shape index (κ3) is 218. The molecule has 0 heterocycles. The highest BCUT2D eigenvalue weighted by Gasteiger charge is 2.25. The number of carbonyl (C=O) groups excluding carboxylic acids is 3.